The number of rotatable bonds is 4. The Hall–Kier alpha value is -2.63. The molecule has 2 aliphatic rings. The zero-order chi connectivity index (χ0) is 18.3. The molecule has 2 fully saturated rings. The molecule has 1 aliphatic carbocycles. The predicted molar refractivity (Wildman–Crippen MR) is 96.9 cm³/mol. The standard InChI is InChI=1S/C20H23N3O3/c1-22-18(12-17(21-22)13-2-3-13)14-4-6-15(7-5-14)19(24)23-10-8-16(9-11-23)20(25)26/h4-7,12-13,16H,2-3,8-11H2,1H3,(H,25,26). The van der Waals surface area contributed by atoms with Gasteiger partial charge in [0.25, 0.3) is 5.91 Å². The third kappa shape index (κ3) is 3.23. The molecule has 6 heteroatoms. The zero-order valence-electron chi connectivity index (χ0n) is 14.9. The average molecular weight is 353 g/mol. The van der Waals surface area contributed by atoms with Crippen LogP contribution in [0.25, 0.3) is 11.3 Å². The number of hydrogen-bond acceptors (Lipinski definition) is 3. The molecule has 1 aliphatic heterocycles. The highest BCUT2D eigenvalue weighted by Crippen LogP contribution is 2.40. The Morgan fingerprint density at radius 3 is 2.31 bits per heavy atom. The van der Waals surface area contributed by atoms with Crippen LogP contribution in [0.4, 0.5) is 0 Å². The fourth-order valence-corrected chi connectivity index (χ4v) is 3.63. The van der Waals surface area contributed by atoms with Gasteiger partial charge in [-0.3, -0.25) is 14.3 Å². The fraction of sp³-hybridized carbons (Fsp3) is 0.450. The van der Waals surface area contributed by atoms with Crippen LogP contribution in [-0.2, 0) is 11.8 Å². The van der Waals surface area contributed by atoms with Crippen LogP contribution in [0.5, 0.6) is 0 Å². The third-order valence-electron chi connectivity index (χ3n) is 5.45. The molecule has 0 bridgehead atoms. The van der Waals surface area contributed by atoms with E-state index >= 15 is 0 Å². The number of carbonyl (C=O) groups excluding carboxylic acids is 1. The van der Waals surface area contributed by atoms with E-state index in [1.165, 1.54) is 12.8 Å². The number of hydrogen-bond donors (Lipinski definition) is 1. The van der Waals surface area contributed by atoms with Crippen molar-refractivity contribution in [1.29, 1.82) is 0 Å². The first-order valence-corrected chi connectivity index (χ1v) is 9.19. The van der Waals surface area contributed by atoms with Crippen LogP contribution in [0, 0.1) is 5.92 Å². The molecule has 136 valence electrons. The molecule has 0 unspecified atom stereocenters. The molecule has 1 amide bonds. The topological polar surface area (TPSA) is 75.4 Å². The van der Waals surface area contributed by atoms with Crippen molar-refractivity contribution >= 4 is 11.9 Å². The Kier molecular flexibility index (Phi) is 4.26. The van der Waals surface area contributed by atoms with E-state index in [1.807, 2.05) is 36.0 Å². The van der Waals surface area contributed by atoms with Gasteiger partial charge in [-0.25, -0.2) is 0 Å². The Morgan fingerprint density at radius 1 is 1.08 bits per heavy atom. The lowest BCUT2D eigenvalue weighted by Crippen LogP contribution is -2.40. The summed E-state index contributed by atoms with van der Waals surface area (Å²) in [5.41, 5.74) is 3.91. The summed E-state index contributed by atoms with van der Waals surface area (Å²) in [5.74, 6) is -0.497. The van der Waals surface area contributed by atoms with Crippen molar-refractivity contribution in [1.82, 2.24) is 14.7 Å². The fourth-order valence-electron chi connectivity index (χ4n) is 3.63. The maximum absolute atomic E-state index is 12.7. The normalized spacial score (nSPS) is 18.1. The van der Waals surface area contributed by atoms with Gasteiger partial charge in [0.1, 0.15) is 0 Å². The predicted octanol–water partition coefficient (Wildman–Crippen LogP) is 2.90. The summed E-state index contributed by atoms with van der Waals surface area (Å²) >= 11 is 0. The van der Waals surface area contributed by atoms with E-state index in [2.05, 4.69) is 11.2 Å². The minimum Gasteiger partial charge on any atom is -0.481 e. The summed E-state index contributed by atoms with van der Waals surface area (Å²) < 4.78 is 1.90. The van der Waals surface area contributed by atoms with Gasteiger partial charge in [0.15, 0.2) is 0 Å². The van der Waals surface area contributed by atoms with Gasteiger partial charge < -0.3 is 10.0 Å². The molecular weight excluding hydrogens is 330 g/mol. The van der Waals surface area contributed by atoms with Crippen LogP contribution >= 0.6 is 0 Å². The van der Waals surface area contributed by atoms with E-state index in [9.17, 15) is 9.59 Å². The van der Waals surface area contributed by atoms with Crippen molar-refractivity contribution in [3.8, 4) is 11.3 Å². The SMILES string of the molecule is Cn1nc(C2CC2)cc1-c1ccc(C(=O)N2CCC(C(=O)O)CC2)cc1. The molecule has 2 heterocycles. The van der Waals surface area contributed by atoms with E-state index in [4.69, 9.17) is 5.11 Å². The van der Waals surface area contributed by atoms with Gasteiger partial charge in [0.05, 0.1) is 17.3 Å². The summed E-state index contributed by atoms with van der Waals surface area (Å²) in [6.07, 6.45) is 3.50. The lowest BCUT2D eigenvalue weighted by molar-refractivity contribution is -0.143. The number of aryl methyl sites for hydroxylation is 1. The van der Waals surface area contributed by atoms with Crippen molar-refractivity contribution in [3.05, 3.63) is 41.6 Å². The summed E-state index contributed by atoms with van der Waals surface area (Å²) in [7, 11) is 1.95. The number of likely N-dealkylation sites (tertiary alicyclic amines) is 1. The summed E-state index contributed by atoms with van der Waals surface area (Å²) in [6, 6.07) is 9.77. The van der Waals surface area contributed by atoms with Crippen molar-refractivity contribution in [3.63, 3.8) is 0 Å². The number of carbonyl (C=O) groups is 2. The van der Waals surface area contributed by atoms with E-state index < -0.39 is 5.97 Å². The van der Waals surface area contributed by atoms with E-state index in [0.717, 1.165) is 17.0 Å². The van der Waals surface area contributed by atoms with Crippen molar-refractivity contribution in [2.24, 2.45) is 13.0 Å². The molecule has 26 heavy (non-hydrogen) atoms. The van der Waals surface area contributed by atoms with Crippen LogP contribution in [0.15, 0.2) is 30.3 Å². The van der Waals surface area contributed by atoms with Gasteiger partial charge in [-0.2, -0.15) is 5.10 Å². The Morgan fingerprint density at radius 2 is 1.73 bits per heavy atom. The number of carboxylic acids is 1. The largest absolute Gasteiger partial charge is 0.481 e. The second kappa shape index (κ2) is 6.59. The first-order chi connectivity index (χ1) is 12.5. The monoisotopic (exact) mass is 353 g/mol. The van der Waals surface area contributed by atoms with Gasteiger partial charge in [0.2, 0.25) is 0 Å². The third-order valence-corrected chi connectivity index (χ3v) is 5.45. The maximum Gasteiger partial charge on any atom is 0.306 e. The minimum absolute atomic E-state index is 0.0240. The molecule has 2 aromatic rings. The first-order valence-electron chi connectivity index (χ1n) is 9.19. The van der Waals surface area contributed by atoms with Crippen LogP contribution in [0.3, 0.4) is 0 Å². The minimum atomic E-state index is -0.761. The van der Waals surface area contributed by atoms with Crippen molar-refractivity contribution < 1.29 is 14.7 Å². The Labute approximate surface area is 152 Å². The van der Waals surface area contributed by atoms with Crippen LogP contribution in [0.2, 0.25) is 0 Å². The number of carboxylic acid groups (broad SMARTS) is 1. The molecule has 0 atom stereocenters. The van der Waals surface area contributed by atoms with Crippen LogP contribution in [-0.4, -0.2) is 44.8 Å². The summed E-state index contributed by atoms with van der Waals surface area (Å²) in [6.45, 7) is 1.01. The number of aliphatic carboxylic acids is 1. The number of nitrogens with zero attached hydrogens (tertiary/aromatic N) is 3. The molecule has 1 N–H and O–H groups in total. The lowest BCUT2D eigenvalue weighted by Gasteiger charge is -2.30. The lowest BCUT2D eigenvalue weighted by atomic mass is 9.96. The highest BCUT2D eigenvalue weighted by Gasteiger charge is 2.28. The first kappa shape index (κ1) is 16.8. The smallest absolute Gasteiger partial charge is 0.306 e. The molecule has 1 saturated heterocycles. The van der Waals surface area contributed by atoms with E-state index in [0.29, 0.717) is 37.4 Å². The van der Waals surface area contributed by atoms with Crippen molar-refractivity contribution in [2.75, 3.05) is 13.1 Å². The van der Waals surface area contributed by atoms with Crippen LogP contribution in [0.1, 0.15) is 47.7 Å². The van der Waals surface area contributed by atoms with Gasteiger partial charge in [-0.1, -0.05) is 12.1 Å². The molecule has 1 aromatic carbocycles. The summed E-state index contributed by atoms with van der Waals surface area (Å²) in [5, 5.41) is 13.7. The Balaban J connectivity index is 1.46. The molecule has 1 aromatic heterocycles. The highest BCUT2D eigenvalue weighted by atomic mass is 16.4. The van der Waals surface area contributed by atoms with E-state index in [-0.39, 0.29) is 11.8 Å². The molecule has 0 radical (unpaired) electrons. The molecular formula is C20H23N3O3. The zero-order valence-corrected chi connectivity index (χ0v) is 14.9. The van der Waals surface area contributed by atoms with Gasteiger partial charge in [0, 0.05) is 31.6 Å². The number of piperidine rings is 1. The van der Waals surface area contributed by atoms with Crippen molar-refractivity contribution in [2.45, 2.75) is 31.6 Å². The van der Waals surface area contributed by atoms with Gasteiger partial charge in [-0.15, -0.1) is 0 Å². The number of aromatic nitrogens is 2. The van der Waals surface area contributed by atoms with Gasteiger partial charge >= 0.3 is 5.97 Å². The second-order valence-electron chi connectivity index (χ2n) is 7.33. The molecule has 1 saturated carbocycles. The second-order valence-corrected chi connectivity index (χ2v) is 7.33. The number of amides is 1. The molecule has 6 nitrogen and oxygen atoms in total. The molecule has 0 spiro atoms. The summed E-state index contributed by atoms with van der Waals surface area (Å²) in [4.78, 5) is 25.4. The quantitative estimate of drug-likeness (QED) is 0.917. The molecule has 4 rings (SSSR count). The maximum atomic E-state index is 12.7. The van der Waals surface area contributed by atoms with E-state index in [1.54, 1.807) is 4.90 Å². The average Bonchev–Trinajstić information content (AvgIpc) is 3.44. The highest BCUT2D eigenvalue weighted by molar-refractivity contribution is 5.94. The van der Waals surface area contributed by atoms with Crippen LogP contribution < -0.4 is 0 Å². The Bertz CT molecular complexity index is 828. The number of benzene rings is 1. The van der Waals surface area contributed by atoms with Gasteiger partial charge in [-0.05, 0) is 49.4 Å².